The molecule has 0 saturated heterocycles. The molecule has 0 aliphatic heterocycles. The summed E-state index contributed by atoms with van der Waals surface area (Å²) in [6.07, 6.45) is 1.57. The van der Waals surface area contributed by atoms with E-state index in [1.165, 1.54) is 12.3 Å². The van der Waals surface area contributed by atoms with Crippen LogP contribution in [0.1, 0.15) is 34.8 Å². The number of nitrogens with zero attached hydrogens (tertiary/aromatic N) is 1. The van der Waals surface area contributed by atoms with Crippen LogP contribution < -0.4 is 20.2 Å². The number of halogens is 2. The van der Waals surface area contributed by atoms with Gasteiger partial charge in [0.05, 0.1) is 22.9 Å². The maximum Gasteiger partial charge on any atom is 0.251 e. The van der Waals surface area contributed by atoms with Gasteiger partial charge in [-0.1, -0.05) is 65.7 Å². The Balaban J connectivity index is 1.29. The number of nitrogens with one attached hydrogen (secondary N) is 2. The SMILES string of the molecule is CCOc1cc(C=NNC(=O)CCNC(=O)c2ccc(Cl)c(Cl)c2)ccc1OCc1cccc2ccccc12. The van der Waals surface area contributed by atoms with Crippen LogP contribution in [0.2, 0.25) is 10.0 Å². The summed E-state index contributed by atoms with van der Waals surface area (Å²) in [7, 11) is 0. The summed E-state index contributed by atoms with van der Waals surface area (Å²) in [5, 5.41) is 9.63. The van der Waals surface area contributed by atoms with Gasteiger partial charge in [-0.25, -0.2) is 5.43 Å². The molecule has 200 valence electrons. The highest BCUT2D eigenvalue weighted by molar-refractivity contribution is 6.42. The summed E-state index contributed by atoms with van der Waals surface area (Å²) in [5.74, 6) is 0.499. The molecule has 4 aromatic rings. The van der Waals surface area contributed by atoms with Crippen molar-refractivity contribution in [1.29, 1.82) is 0 Å². The van der Waals surface area contributed by atoms with Crippen molar-refractivity contribution in [2.45, 2.75) is 20.0 Å². The minimum atomic E-state index is -0.351. The molecule has 0 atom stereocenters. The Morgan fingerprint density at radius 3 is 2.54 bits per heavy atom. The number of rotatable bonds is 11. The zero-order valence-electron chi connectivity index (χ0n) is 21.2. The highest BCUT2D eigenvalue weighted by atomic mass is 35.5. The van der Waals surface area contributed by atoms with Gasteiger partial charge in [-0.15, -0.1) is 0 Å². The average Bonchev–Trinajstić information content (AvgIpc) is 2.94. The second-order valence-electron chi connectivity index (χ2n) is 8.49. The molecule has 0 radical (unpaired) electrons. The number of amides is 2. The number of carbonyl (C=O) groups excluding carboxylic acids is 2. The smallest absolute Gasteiger partial charge is 0.251 e. The van der Waals surface area contributed by atoms with Crippen LogP contribution in [0.15, 0.2) is 84.0 Å². The molecular formula is C30H27Cl2N3O4. The van der Waals surface area contributed by atoms with Gasteiger partial charge < -0.3 is 14.8 Å². The van der Waals surface area contributed by atoms with Gasteiger partial charge >= 0.3 is 0 Å². The molecule has 7 nitrogen and oxygen atoms in total. The lowest BCUT2D eigenvalue weighted by atomic mass is 10.1. The van der Waals surface area contributed by atoms with E-state index in [2.05, 4.69) is 34.0 Å². The number of hydrazone groups is 1. The molecule has 0 bridgehead atoms. The molecule has 0 fully saturated rings. The fourth-order valence-electron chi connectivity index (χ4n) is 3.83. The Labute approximate surface area is 236 Å². The van der Waals surface area contributed by atoms with Crippen molar-refractivity contribution in [3.63, 3.8) is 0 Å². The number of ether oxygens (including phenoxy) is 2. The summed E-state index contributed by atoms with van der Waals surface area (Å²) in [6, 6.07) is 24.3. The summed E-state index contributed by atoms with van der Waals surface area (Å²) < 4.78 is 11.9. The van der Waals surface area contributed by atoms with Gasteiger partial charge in [0.25, 0.3) is 5.91 Å². The van der Waals surface area contributed by atoms with Gasteiger partial charge in [0.2, 0.25) is 5.91 Å². The highest BCUT2D eigenvalue weighted by Gasteiger charge is 2.10. The molecular weight excluding hydrogens is 537 g/mol. The molecule has 39 heavy (non-hydrogen) atoms. The molecule has 0 aliphatic rings. The largest absolute Gasteiger partial charge is 0.490 e. The Morgan fingerprint density at radius 2 is 1.72 bits per heavy atom. The third-order valence-corrected chi connectivity index (χ3v) is 6.49. The Hall–Kier alpha value is -4.07. The van der Waals surface area contributed by atoms with Crippen molar-refractivity contribution in [2.24, 2.45) is 5.10 Å². The van der Waals surface area contributed by atoms with E-state index in [9.17, 15) is 9.59 Å². The normalized spacial score (nSPS) is 10.9. The van der Waals surface area contributed by atoms with Crippen molar-refractivity contribution in [3.8, 4) is 11.5 Å². The van der Waals surface area contributed by atoms with Crippen LogP contribution in [-0.4, -0.2) is 31.2 Å². The molecule has 0 unspecified atom stereocenters. The molecule has 0 saturated carbocycles. The quantitative estimate of drug-likeness (QED) is 0.163. The monoisotopic (exact) mass is 563 g/mol. The van der Waals surface area contributed by atoms with Crippen LogP contribution in [0.4, 0.5) is 0 Å². The van der Waals surface area contributed by atoms with Crippen molar-refractivity contribution >= 4 is 52.0 Å². The highest BCUT2D eigenvalue weighted by Crippen LogP contribution is 2.30. The first-order valence-electron chi connectivity index (χ1n) is 12.4. The molecule has 2 N–H and O–H groups in total. The maximum atomic E-state index is 12.2. The molecule has 4 aromatic carbocycles. The molecule has 0 spiro atoms. The van der Waals surface area contributed by atoms with Gasteiger partial charge in [0, 0.05) is 18.5 Å². The fraction of sp³-hybridized carbons (Fsp3) is 0.167. The van der Waals surface area contributed by atoms with Crippen LogP contribution in [-0.2, 0) is 11.4 Å². The topological polar surface area (TPSA) is 89.0 Å². The number of carbonyl (C=O) groups is 2. The molecule has 0 aliphatic carbocycles. The molecule has 2 amide bonds. The summed E-state index contributed by atoms with van der Waals surface area (Å²) in [6.45, 7) is 2.90. The van der Waals surface area contributed by atoms with Gasteiger partial charge in [0.15, 0.2) is 11.5 Å². The van der Waals surface area contributed by atoms with Crippen LogP contribution in [0, 0.1) is 0 Å². The first-order chi connectivity index (χ1) is 18.9. The van der Waals surface area contributed by atoms with Crippen LogP contribution in [0.5, 0.6) is 11.5 Å². The lowest BCUT2D eigenvalue weighted by Crippen LogP contribution is -2.29. The first-order valence-corrected chi connectivity index (χ1v) is 13.1. The molecule has 0 aromatic heterocycles. The first kappa shape index (κ1) is 28.0. The van der Waals surface area contributed by atoms with Crippen LogP contribution >= 0.6 is 23.2 Å². The van der Waals surface area contributed by atoms with Gasteiger partial charge in [-0.05, 0) is 65.2 Å². The van der Waals surface area contributed by atoms with E-state index in [0.717, 1.165) is 21.9 Å². The van der Waals surface area contributed by atoms with Crippen molar-refractivity contribution in [3.05, 3.63) is 106 Å². The summed E-state index contributed by atoms with van der Waals surface area (Å²) in [4.78, 5) is 24.3. The third kappa shape index (κ3) is 7.72. The van der Waals surface area contributed by atoms with E-state index in [1.54, 1.807) is 18.2 Å². The fourth-order valence-corrected chi connectivity index (χ4v) is 4.13. The number of hydrogen-bond acceptors (Lipinski definition) is 5. The Morgan fingerprint density at radius 1 is 0.897 bits per heavy atom. The van der Waals surface area contributed by atoms with Gasteiger partial charge in [0.1, 0.15) is 6.61 Å². The summed E-state index contributed by atoms with van der Waals surface area (Å²) in [5.41, 5.74) is 4.63. The molecule has 4 rings (SSSR count). The van der Waals surface area contributed by atoms with E-state index in [4.69, 9.17) is 32.7 Å². The lowest BCUT2D eigenvalue weighted by molar-refractivity contribution is -0.120. The minimum absolute atomic E-state index is 0.0511. The Bertz CT molecular complexity index is 1500. The van der Waals surface area contributed by atoms with Crippen LogP contribution in [0.3, 0.4) is 0 Å². The second-order valence-corrected chi connectivity index (χ2v) is 9.31. The predicted octanol–water partition coefficient (Wildman–Crippen LogP) is 6.39. The average molecular weight is 564 g/mol. The van der Waals surface area contributed by atoms with E-state index in [-0.39, 0.29) is 29.8 Å². The summed E-state index contributed by atoms with van der Waals surface area (Å²) >= 11 is 11.8. The standard InChI is InChI=1S/C30H27Cl2N3O4/c1-2-38-28-16-20(10-13-27(28)39-19-23-8-5-7-21-6-3-4-9-24(21)23)18-34-35-29(36)14-15-33-30(37)22-11-12-25(31)26(32)17-22/h3-13,16-18H,2,14-15,19H2,1H3,(H,33,37)(H,35,36). The van der Waals surface area contributed by atoms with E-state index in [0.29, 0.717) is 35.3 Å². The van der Waals surface area contributed by atoms with Gasteiger partial charge in [-0.3, -0.25) is 9.59 Å². The number of fused-ring (bicyclic) bond motifs is 1. The lowest BCUT2D eigenvalue weighted by Gasteiger charge is -2.13. The molecule has 0 heterocycles. The second kappa shape index (κ2) is 13.6. The zero-order valence-corrected chi connectivity index (χ0v) is 22.8. The zero-order chi connectivity index (χ0) is 27.6. The molecule has 9 heteroatoms. The minimum Gasteiger partial charge on any atom is -0.490 e. The van der Waals surface area contributed by atoms with Gasteiger partial charge in [-0.2, -0.15) is 5.10 Å². The number of hydrogen-bond donors (Lipinski definition) is 2. The van der Waals surface area contributed by atoms with E-state index < -0.39 is 0 Å². The van der Waals surface area contributed by atoms with Crippen molar-refractivity contribution in [2.75, 3.05) is 13.2 Å². The number of benzene rings is 4. The van der Waals surface area contributed by atoms with E-state index in [1.807, 2.05) is 43.3 Å². The maximum absolute atomic E-state index is 12.2. The van der Waals surface area contributed by atoms with Crippen molar-refractivity contribution < 1.29 is 19.1 Å². The van der Waals surface area contributed by atoms with Crippen molar-refractivity contribution in [1.82, 2.24) is 10.7 Å². The van der Waals surface area contributed by atoms with E-state index >= 15 is 0 Å². The Kier molecular flexibility index (Phi) is 9.78. The third-order valence-electron chi connectivity index (χ3n) is 5.75. The van der Waals surface area contributed by atoms with Crippen LogP contribution in [0.25, 0.3) is 10.8 Å². The predicted molar refractivity (Wildman–Crippen MR) is 155 cm³/mol.